The van der Waals surface area contributed by atoms with E-state index in [0.29, 0.717) is 23.4 Å². The third-order valence-electron chi connectivity index (χ3n) is 5.46. The van der Waals surface area contributed by atoms with E-state index in [-0.39, 0.29) is 6.54 Å². The summed E-state index contributed by atoms with van der Waals surface area (Å²) in [5.41, 5.74) is 5.68. The average molecular weight is 527 g/mol. The number of nitrogens with two attached hydrogens (primary N) is 1. The van der Waals surface area contributed by atoms with Crippen molar-refractivity contribution in [3.05, 3.63) is 60.2 Å². The van der Waals surface area contributed by atoms with Crippen LogP contribution in [0.4, 0.5) is 10.5 Å². The second-order valence-corrected chi connectivity index (χ2v) is 9.79. The van der Waals surface area contributed by atoms with Crippen molar-refractivity contribution in [2.75, 3.05) is 19.0 Å². The van der Waals surface area contributed by atoms with Gasteiger partial charge in [0.15, 0.2) is 0 Å². The van der Waals surface area contributed by atoms with Crippen molar-refractivity contribution >= 4 is 29.5 Å². The molecule has 2 aromatic carbocycles. The molecule has 0 saturated carbocycles. The second kappa shape index (κ2) is 14.0. The van der Waals surface area contributed by atoms with Crippen molar-refractivity contribution in [3.63, 3.8) is 0 Å². The zero-order chi connectivity index (χ0) is 28.3. The first kappa shape index (κ1) is 30.1. The summed E-state index contributed by atoms with van der Waals surface area (Å²) in [4.78, 5) is 53.3. The summed E-state index contributed by atoms with van der Waals surface area (Å²) in [6, 6.07) is 13.3. The third kappa shape index (κ3) is 9.42. The number of anilines is 1. The lowest BCUT2D eigenvalue weighted by atomic mass is 10.0. The number of hydrogen-bond acceptors (Lipinski definition) is 6. The normalized spacial score (nSPS) is 12.6. The Kier molecular flexibility index (Phi) is 11.1. The van der Waals surface area contributed by atoms with Crippen LogP contribution >= 0.6 is 0 Å². The molecule has 206 valence electrons. The topological polar surface area (TPSA) is 140 Å². The molecular formula is C28H38N4O6. The fourth-order valence-electron chi connectivity index (χ4n) is 3.74. The van der Waals surface area contributed by atoms with Gasteiger partial charge in [0.25, 0.3) is 5.91 Å². The zero-order valence-electron chi connectivity index (χ0n) is 22.7. The van der Waals surface area contributed by atoms with Crippen molar-refractivity contribution < 1.29 is 28.7 Å². The molecule has 2 rings (SSSR count). The Morgan fingerprint density at radius 3 is 2.16 bits per heavy atom. The molecule has 0 saturated heterocycles. The Labute approximate surface area is 223 Å². The minimum atomic E-state index is -1.32. The number of hydrogen-bond donors (Lipinski definition) is 3. The number of carbonyl (C=O) groups is 4. The number of unbranched alkanes of at least 4 members (excludes halogenated alkanes) is 1. The van der Waals surface area contributed by atoms with Crippen LogP contribution < -0.4 is 21.1 Å². The van der Waals surface area contributed by atoms with Crippen LogP contribution in [0.15, 0.2) is 54.6 Å². The Hall–Kier alpha value is -4.08. The number of nitrogens with zero attached hydrogens (tertiary/aromatic N) is 1. The summed E-state index contributed by atoms with van der Waals surface area (Å²) in [5.74, 6) is -1.23. The molecule has 4 N–H and O–H groups in total. The molecule has 2 aromatic rings. The monoisotopic (exact) mass is 526 g/mol. The molecular weight excluding hydrogens is 488 g/mol. The molecule has 10 heteroatoms. The Bertz CT molecular complexity index is 1080. The highest BCUT2D eigenvalue weighted by molar-refractivity contribution is 5.99. The van der Waals surface area contributed by atoms with Gasteiger partial charge in [-0.25, -0.2) is 4.79 Å². The number of rotatable bonds is 12. The summed E-state index contributed by atoms with van der Waals surface area (Å²) in [6.07, 6.45) is 0.000349. The van der Waals surface area contributed by atoms with E-state index in [1.807, 2.05) is 6.92 Å². The molecule has 0 heterocycles. The van der Waals surface area contributed by atoms with E-state index in [4.69, 9.17) is 15.2 Å². The van der Waals surface area contributed by atoms with Crippen molar-refractivity contribution in [2.45, 2.75) is 64.6 Å². The lowest BCUT2D eigenvalue weighted by molar-refractivity contribution is -0.142. The minimum Gasteiger partial charge on any atom is -0.497 e. The summed E-state index contributed by atoms with van der Waals surface area (Å²) in [7, 11) is 1.55. The summed E-state index contributed by atoms with van der Waals surface area (Å²) >= 11 is 0. The zero-order valence-corrected chi connectivity index (χ0v) is 22.7. The smallest absolute Gasteiger partial charge is 0.408 e. The molecule has 0 fully saturated rings. The van der Waals surface area contributed by atoms with E-state index in [1.165, 1.54) is 4.90 Å². The van der Waals surface area contributed by atoms with Crippen LogP contribution in [-0.4, -0.2) is 54.0 Å². The Balaban J connectivity index is 2.46. The number of methoxy groups -OCH3 is 1. The van der Waals surface area contributed by atoms with Gasteiger partial charge in [0.2, 0.25) is 11.8 Å². The third-order valence-corrected chi connectivity index (χ3v) is 5.46. The fourth-order valence-corrected chi connectivity index (χ4v) is 3.74. The quantitative estimate of drug-likeness (QED) is 0.385. The van der Waals surface area contributed by atoms with Gasteiger partial charge in [0.05, 0.1) is 13.5 Å². The number of alkyl carbamates (subject to hydrolysis) is 1. The molecule has 0 radical (unpaired) electrons. The van der Waals surface area contributed by atoms with Crippen molar-refractivity contribution in [3.8, 4) is 5.75 Å². The standard InChI is InChI=1S/C28H38N4O6/c1-6-7-17-32(26(35)22(18-23(29)33)31-27(36)38-28(2,3)4)24(19-11-9-8-10-12-19)25(34)30-20-13-15-21(37-5)16-14-20/h8-16,22,24H,6-7,17-18H2,1-5H3,(H2,29,33)(H,30,34)(H,31,36). The van der Waals surface area contributed by atoms with Gasteiger partial charge < -0.3 is 30.7 Å². The van der Waals surface area contributed by atoms with Gasteiger partial charge in [0, 0.05) is 12.2 Å². The van der Waals surface area contributed by atoms with Gasteiger partial charge >= 0.3 is 6.09 Å². The van der Waals surface area contributed by atoms with Crippen LogP contribution in [-0.2, 0) is 19.1 Å². The van der Waals surface area contributed by atoms with E-state index in [0.717, 1.165) is 6.42 Å². The van der Waals surface area contributed by atoms with Crippen LogP contribution in [0, 0.1) is 0 Å². The Morgan fingerprint density at radius 1 is 1.00 bits per heavy atom. The maximum atomic E-state index is 13.9. The minimum absolute atomic E-state index is 0.205. The number of benzene rings is 2. The summed E-state index contributed by atoms with van der Waals surface area (Å²) in [5, 5.41) is 5.33. The molecule has 0 aliphatic carbocycles. The van der Waals surface area contributed by atoms with Crippen LogP contribution in [0.2, 0.25) is 0 Å². The van der Waals surface area contributed by atoms with Gasteiger partial charge in [-0.2, -0.15) is 0 Å². The van der Waals surface area contributed by atoms with Gasteiger partial charge in [-0.15, -0.1) is 0 Å². The van der Waals surface area contributed by atoms with Crippen LogP contribution in [0.3, 0.4) is 0 Å². The lowest BCUT2D eigenvalue weighted by Crippen LogP contribution is -2.53. The summed E-state index contributed by atoms with van der Waals surface area (Å²) < 4.78 is 10.5. The van der Waals surface area contributed by atoms with Crippen LogP contribution in [0.25, 0.3) is 0 Å². The largest absolute Gasteiger partial charge is 0.497 e. The van der Waals surface area contributed by atoms with E-state index in [1.54, 1.807) is 82.5 Å². The molecule has 10 nitrogen and oxygen atoms in total. The molecule has 0 aromatic heterocycles. The maximum absolute atomic E-state index is 13.9. The van der Waals surface area contributed by atoms with Gasteiger partial charge in [0.1, 0.15) is 23.4 Å². The SMILES string of the molecule is CCCCN(C(=O)C(CC(N)=O)NC(=O)OC(C)(C)C)C(C(=O)Nc1ccc(OC)cc1)c1ccccc1. The van der Waals surface area contributed by atoms with Crippen molar-refractivity contribution in [1.29, 1.82) is 0 Å². The number of nitrogens with one attached hydrogen (secondary N) is 2. The molecule has 4 amide bonds. The molecule has 2 atom stereocenters. The van der Waals surface area contributed by atoms with Gasteiger partial charge in [-0.3, -0.25) is 14.4 Å². The van der Waals surface area contributed by atoms with Crippen molar-refractivity contribution in [1.82, 2.24) is 10.2 Å². The molecule has 0 aliphatic heterocycles. The van der Waals surface area contributed by atoms with Crippen LogP contribution in [0.5, 0.6) is 5.75 Å². The highest BCUT2D eigenvalue weighted by atomic mass is 16.6. The molecule has 0 spiro atoms. The molecule has 38 heavy (non-hydrogen) atoms. The predicted octanol–water partition coefficient (Wildman–Crippen LogP) is 3.77. The molecule has 2 unspecified atom stereocenters. The first-order valence-corrected chi connectivity index (χ1v) is 12.5. The lowest BCUT2D eigenvalue weighted by Gasteiger charge is -2.34. The van der Waals surface area contributed by atoms with E-state index in [2.05, 4.69) is 10.6 Å². The molecule has 0 bridgehead atoms. The Morgan fingerprint density at radius 2 is 1.63 bits per heavy atom. The first-order chi connectivity index (χ1) is 17.9. The summed E-state index contributed by atoms with van der Waals surface area (Å²) in [6.45, 7) is 7.20. The maximum Gasteiger partial charge on any atom is 0.408 e. The fraction of sp³-hybridized carbons (Fsp3) is 0.429. The van der Waals surface area contributed by atoms with Crippen LogP contribution in [0.1, 0.15) is 58.6 Å². The first-order valence-electron chi connectivity index (χ1n) is 12.5. The highest BCUT2D eigenvalue weighted by Gasteiger charge is 2.36. The van der Waals surface area contributed by atoms with Crippen molar-refractivity contribution in [2.24, 2.45) is 5.73 Å². The van der Waals surface area contributed by atoms with Gasteiger partial charge in [-0.05, 0) is 57.0 Å². The number of carbonyl (C=O) groups excluding carboxylic acids is 4. The van der Waals surface area contributed by atoms with E-state index in [9.17, 15) is 19.2 Å². The van der Waals surface area contributed by atoms with Gasteiger partial charge in [-0.1, -0.05) is 43.7 Å². The predicted molar refractivity (Wildman–Crippen MR) is 144 cm³/mol. The van der Waals surface area contributed by atoms with E-state index < -0.39 is 47.9 Å². The average Bonchev–Trinajstić information content (AvgIpc) is 2.85. The number of ether oxygens (including phenoxy) is 2. The second-order valence-electron chi connectivity index (χ2n) is 9.79. The number of amides is 4. The highest BCUT2D eigenvalue weighted by Crippen LogP contribution is 2.26. The number of primary amides is 1. The molecule has 0 aliphatic rings. The van der Waals surface area contributed by atoms with E-state index >= 15 is 0 Å².